The molecule has 31 heavy (non-hydrogen) atoms. The number of aromatic nitrogens is 2. The second-order valence-electron chi connectivity index (χ2n) is 8.67. The highest BCUT2D eigenvalue weighted by molar-refractivity contribution is 6.33. The first-order valence-electron chi connectivity index (χ1n) is 10.8. The van der Waals surface area contributed by atoms with Crippen LogP contribution in [-0.4, -0.2) is 45.5 Å². The molecule has 3 heterocycles. The molecule has 1 saturated carbocycles. The third kappa shape index (κ3) is 3.89. The summed E-state index contributed by atoms with van der Waals surface area (Å²) in [4.78, 5) is 12.8. The number of hydrogen-bond acceptors (Lipinski definition) is 6. The van der Waals surface area contributed by atoms with E-state index in [1.807, 2.05) is 37.5 Å². The van der Waals surface area contributed by atoms with Crippen molar-refractivity contribution in [2.45, 2.75) is 43.9 Å². The number of nitrogens with zero attached hydrogens (tertiary/aromatic N) is 4. The van der Waals surface area contributed by atoms with Gasteiger partial charge in [-0.1, -0.05) is 11.6 Å². The van der Waals surface area contributed by atoms with E-state index >= 15 is 0 Å². The lowest BCUT2D eigenvalue weighted by atomic mass is 9.90. The van der Waals surface area contributed by atoms with Gasteiger partial charge in [-0.2, -0.15) is 10.4 Å². The summed E-state index contributed by atoms with van der Waals surface area (Å²) in [6, 6.07) is 10.3. The minimum atomic E-state index is -0.262. The monoisotopic (exact) mass is 439 g/mol. The number of nitrogens with one attached hydrogen (secondary N) is 3. The number of piperidine rings is 1. The summed E-state index contributed by atoms with van der Waals surface area (Å²) in [6.45, 7) is 0.666. The van der Waals surface area contributed by atoms with Gasteiger partial charge < -0.3 is 10.6 Å². The number of halogens is 1. The zero-order valence-corrected chi connectivity index (χ0v) is 18.1. The quantitative estimate of drug-likeness (QED) is 0.639. The Balaban J connectivity index is 1.38. The molecule has 3 fully saturated rings. The molecule has 2 aromatic rings. The van der Waals surface area contributed by atoms with Crippen LogP contribution in [-0.2, 0) is 11.8 Å². The van der Waals surface area contributed by atoms with Crippen LogP contribution >= 0.6 is 11.6 Å². The van der Waals surface area contributed by atoms with Gasteiger partial charge in [-0.3, -0.25) is 9.48 Å². The van der Waals surface area contributed by atoms with Crippen LogP contribution in [0, 0.1) is 23.2 Å². The lowest BCUT2D eigenvalue weighted by molar-refractivity contribution is -0.128. The Labute approximate surface area is 186 Å². The van der Waals surface area contributed by atoms with Crippen molar-refractivity contribution in [3.05, 3.63) is 35.5 Å². The third-order valence-corrected chi connectivity index (χ3v) is 6.88. The van der Waals surface area contributed by atoms with Crippen LogP contribution in [0.2, 0.25) is 5.02 Å². The number of aryl methyl sites for hydroxylation is 1. The van der Waals surface area contributed by atoms with Crippen LogP contribution in [0.4, 0.5) is 5.69 Å². The Morgan fingerprint density at radius 3 is 2.87 bits per heavy atom. The van der Waals surface area contributed by atoms with Gasteiger partial charge in [0.2, 0.25) is 5.91 Å². The molecule has 2 saturated heterocycles. The Kier molecular flexibility index (Phi) is 5.34. The molecule has 1 aliphatic carbocycles. The molecule has 3 N–H and O–H groups in total. The summed E-state index contributed by atoms with van der Waals surface area (Å²) >= 11 is 6.56. The summed E-state index contributed by atoms with van der Waals surface area (Å²) in [5, 5.41) is 23.1. The molecule has 2 aliphatic heterocycles. The highest BCUT2D eigenvalue weighted by Crippen LogP contribution is 2.41. The predicted octanol–water partition coefficient (Wildman–Crippen LogP) is 2.50. The van der Waals surface area contributed by atoms with Crippen LogP contribution in [0.15, 0.2) is 30.5 Å². The van der Waals surface area contributed by atoms with Gasteiger partial charge in [0, 0.05) is 43.1 Å². The maximum Gasteiger partial charge on any atom is 0.228 e. The summed E-state index contributed by atoms with van der Waals surface area (Å²) in [7, 11) is 1.87. The highest BCUT2D eigenvalue weighted by atomic mass is 35.5. The van der Waals surface area contributed by atoms with Gasteiger partial charge in [0.25, 0.3) is 0 Å². The number of fused-ring (bicyclic) bond motifs is 1. The SMILES string of the molecule is Cn1ccc(-c2ccc(NC3NN([C@@H](CC#N)C4CC4)C4CCNC(=O)C34)cc2Cl)n1. The average Bonchev–Trinajstić information content (AvgIpc) is 3.40. The number of benzene rings is 1. The van der Waals surface area contributed by atoms with E-state index in [-0.39, 0.29) is 30.1 Å². The maximum atomic E-state index is 12.8. The first kappa shape index (κ1) is 20.3. The van der Waals surface area contributed by atoms with Gasteiger partial charge >= 0.3 is 0 Å². The largest absolute Gasteiger partial charge is 0.368 e. The van der Waals surface area contributed by atoms with Crippen LogP contribution in [0.3, 0.4) is 0 Å². The fourth-order valence-corrected chi connectivity index (χ4v) is 5.20. The molecule has 0 spiro atoms. The Hall–Kier alpha value is -2.60. The lowest BCUT2D eigenvalue weighted by Gasteiger charge is -2.34. The van der Waals surface area contributed by atoms with Crippen LogP contribution in [0.25, 0.3) is 11.3 Å². The molecule has 3 aliphatic rings. The van der Waals surface area contributed by atoms with Crippen molar-refractivity contribution in [2.24, 2.45) is 18.9 Å². The number of rotatable bonds is 6. The van der Waals surface area contributed by atoms with E-state index in [1.54, 1.807) is 4.68 Å². The molecule has 0 bridgehead atoms. The fraction of sp³-hybridized carbons (Fsp3) is 0.500. The number of carbonyl (C=O) groups is 1. The zero-order chi connectivity index (χ0) is 21.5. The smallest absolute Gasteiger partial charge is 0.228 e. The molecular weight excluding hydrogens is 414 g/mol. The minimum absolute atomic E-state index is 0.0476. The highest BCUT2D eigenvalue weighted by Gasteiger charge is 2.51. The fourth-order valence-electron chi connectivity index (χ4n) is 4.92. The van der Waals surface area contributed by atoms with Crippen molar-refractivity contribution >= 4 is 23.2 Å². The van der Waals surface area contributed by atoms with E-state index in [4.69, 9.17) is 11.6 Å². The van der Waals surface area contributed by atoms with Crippen LogP contribution < -0.4 is 16.1 Å². The van der Waals surface area contributed by atoms with Crippen molar-refractivity contribution in [1.82, 2.24) is 25.5 Å². The van der Waals surface area contributed by atoms with E-state index in [0.29, 0.717) is 23.9 Å². The van der Waals surface area contributed by atoms with E-state index in [1.165, 1.54) is 0 Å². The van der Waals surface area contributed by atoms with Gasteiger partial charge in [-0.05, 0) is 49.4 Å². The molecule has 5 rings (SSSR count). The second kappa shape index (κ2) is 8.15. The predicted molar refractivity (Wildman–Crippen MR) is 118 cm³/mol. The first-order chi connectivity index (χ1) is 15.0. The molecule has 162 valence electrons. The van der Waals surface area contributed by atoms with Crippen LogP contribution in [0.5, 0.6) is 0 Å². The van der Waals surface area contributed by atoms with Gasteiger partial charge in [0.05, 0.1) is 29.1 Å². The molecule has 0 radical (unpaired) electrons. The zero-order valence-electron chi connectivity index (χ0n) is 17.4. The topological polar surface area (TPSA) is 98.0 Å². The van der Waals surface area contributed by atoms with E-state index in [0.717, 1.165) is 36.2 Å². The Morgan fingerprint density at radius 2 is 2.19 bits per heavy atom. The number of nitriles is 1. The van der Waals surface area contributed by atoms with Crippen molar-refractivity contribution in [2.75, 3.05) is 11.9 Å². The number of carbonyl (C=O) groups excluding carboxylic acids is 1. The van der Waals surface area contributed by atoms with Crippen molar-refractivity contribution in [1.29, 1.82) is 5.26 Å². The normalized spacial score (nSPS) is 26.7. The average molecular weight is 440 g/mol. The maximum absolute atomic E-state index is 12.8. The minimum Gasteiger partial charge on any atom is -0.368 e. The van der Waals surface area contributed by atoms with Gasteiger partial charge in [0.1, 0.15) is 6.17 Å². The number of hydrazine groups is 1. The number of anilines is 1. The van der Waals surface area contributed by atoms with E-state index in [2.05, 4.69) is 32.2 Å². The number of hydrogen-bond donors (Lipinski definition) is 3. The van der Waals surface area contributed by atoms with Crippen molar-refractivity contribution < 1.29 is 4.79 Å². The van der Waals surface area contributed by atoms with Crippen molar-refractivity contribution in [3.8, 4) is 17.3 Å². The molecule has 4 atom stereocenters. The summed E-state index contributed by atoms with van der Waals surface area (Å²) in [5.74, 6) is 0.345. The third-order valence-electron chi connectivity index (χ3n) is 6.57. The lowest BCUT2D eigenvalue weighted by Crippen LogP contribution is -2.52. The summed E-state index contributed by atoms with van der Waals surface area (Å²) in [5.41, 5.74) is 6.06. The van der Waals surface area contributed by atoms with Crippen LogP contribution in [0.1, 0.15) is 25.7 Å². The van der Waals surface area contributed by atoms with E-state index in [9.17, 15) is 10.1 Å². The number of amides is 1. The molecular formula is C22H26ClN7O. The van der Waals surface area contributed by atoms with E-state index < -0.39 is 0 Å². The molecule has 8 nitrogen and oxygen atoms in total. The molecule has 1 aromatic heterocycles. The summed E-state index contributed by atoms with van der Waals surface area (Å²) < 4.78 is 1.74. The standard InChI is InChI=1S/C22H26ClN7O/c1-29-11-8-17(27-29)15-5-4-14(12-16(15)23)26-21-20-19(7-10-25-22(20)31)30(28-21)18(6-9-24)13-2-3-13/h4-5,8,11-13,18-21,26,28H,2-3,6-7,10H2,1H3,(H,25,31)/t18-,19?,20?,21?/m0/s1. The Bertz CT molecular complexity index is 1030. The second-order valence-corrected chi connectivity index (χ2v) is 9.07. The Morgan fingerprint density at radius 1 is 1.35 bits per heavy atom. The van der Waals surface area contributed by atoms with Crippen molar-refractivity contribution in [3.63, 3.8) is 0 Å². The molecule has 3 unspecified atom stereocenters. The molecule has 9 heteroatoms. The molecule has 1 amide bonds. The summed E-state index contributed by atoms with van der Waals surface area (Å²) in [6.07, 6.45) is 5.26. The van der Waals surface area contributed by atoms with Gasteiger partial charge in [0.15, 0.2) is 0 Å². The first-order valence-corrected chi connectivity index (χ1v) is 11.2. The molecule has 1 aromatic carbocycles. The van der Waals surface area contributed by atoms with Gasteiger partial charge in [-0.15, -0.1) is 0 Å². The van der Waals surface area contributed by atoms with Gasteiger partial charge in [-0.25, -0.2) is 10.4 Å².